The van der Waals surface area contributed by atoms with E-state index in [1.807, 2.05) is 0 Å². The fraction of sp³-hybridized carbons (Fsp3) is 0.333. The Morgan fingerprint density at radius 1 is 1.04 bits per heavy atom. The highest BCUT2D eigenvalue weighted by molar-refractivity contribution is 9.10. The molecule has 8 heteroatoms. The average Bonchev–Trinajstić information content (AvgIpc) is 2.50. The summed E-state index contributed by atoms with van der Waals surface area (Å²) in [4.78, 5) is 50.9. The van der Waals surface area contributed by atoms with Crippen LogP contribution in [0.2, 0.25) is 0 Å². The zero-order valence-electron chi connectivity index (χ0n) is 12.7. The van der Waals surface area contributed by atoms with Gasteiger partial charge in [0, 0.05) is 23.2 Å². The number of amides is 5. The third-order valence-electron chi connectivity index (χ3n) is 3.49. The van der Waals surface area contributed by atoms with E-state index in [1.54, 1.807) is 38.1 Å². The van der Waals surface area contributed by atoms with Crippen LogP contribution in [-0.2, 0) is 14.4 Å². The number of halogens is 1. The predicted octanol–water partition coefficient (Wildman–Crippen LogP) is 1.83. The van der Waals surface area contributed by atoms with E-state index in [4.69, 9.17) is 0 Å². The van der Waals surface area contributed by atoms with Gasteiger partial charge in [-0.25, -0.2) is 4.79 Å². The van der Waals surface area contributed by atoms with Crippen LogP contribution < -0.4 is 5.32 Å². The molecule has 0 bridgehead atoms. The molecule has 1 aromatic rings. The second kappa shape index (κ2) is 6.91. The molecule has 1 N–H and O–H groups in total. The van der Waals surface area contributed by atoms with Crippen LogP contribution in [-0.4, -0.2) is 46.6 Å². The van der Waals surface area contributed by atoms with Gasteiger partial charge in [-0.1, -0.05) is 15.9 Å². The number of nitrogens with zero attached hydrogens (tertiary/aromatic N) is 2. The Hall–Kier alpha value is -2.22. The molecule has 0 atom stereocenters. The standard InChI is InChI=1S/C15H16BrN3O4/c1-3-18-13(21)11(14(22)19(4-2)15(18)23)12(20)17-10-7-5-9(16)6-8-10/h5-8,11H,3-4H2,1-2H3,(H,17,20). The average molecular weight is 382 g/mol. The van der Waals surface area contributed by atoms with Crippen LogP contribution in [0.4, 0.5) is 10.5 Å². The molecule has 5 amide bonds. The van der Waals surface area contributed by atoms with Gasteiger partial charge < -0.3 is 5.32 Å². The Bertz CT molecular complexity index is 633. The van der Waals surface area contributed by atoms with Crippen LogP contribution in [0.3, 0.4) is 0 Å². The fourth-order valence-electron chi connectivity index (χ4n) is 2.31. The Labute approximate surface area is 141 Å². The molecule has 1 aliphatic rings. The maximum absolute atomic E-state index is 12.4. The van der Waals surface area contributed by atoms with Crippen LogP contribution in [0.25, 0.3) is 0 Å². The molecule has 1 aliphatic heterocycles. The lowest BCUT2D eigenvalue weighted by atomic mass is 10.0. The molecular weight excluding hydrogens is 366 g/mol. The van der Waals surface area contributed by atoms with Crippen LogP contribution >= 0.6 is 15.9 Å². The van der Waals surface area contributed by atoms with Crippen LogP contribution in [0, 0.1) is 5.92 Å². The number of imide groups is 2. The second-order valence-corrected chi connectivity index (χ2v) is 5.79. The highest BCUT2D eigenvalue weighted by Crippen LogP contribution is 2.20. The quantitative estimate of drug-likeness (QED) is 0.806. The van der Waals surface area contributed by atoms with Crippen molar-refractivity contribution in [3.05, 3.63) is 28.7 Å². The van der Waals surface area contributed by atoms with Crippen molar-refractivity contribution in [2.45, 2.75) is 13.8 Å². The summed E-state index contributed by atoms with van der Waals surface area (Å²) in [7, 11) is 0. The number of rotatable bonds is 4. The maximum atomic E-state index is 12.4. The molecule has 1 fully saturated rings. The topological polar surface area (TPSA) is 86.8 Å². The Kier molecular flexibility index (Phi) is 5.15. The highest BCUT2D eigenvalue weighted by Gasteiger charge is 2.48. The lowest BCUT2D eigenvalue weighted by molar-refractivity contribution is -0.152. The number of urea groups is 1. The summed E-state index contributed by atoms with van der Waals surface area (Å²) in [6, 6.07) is 6.04. The Balaban J connectivity index is 2.26. The number of nitrogens with one attached hydrogen (secondary N) is 1. The van der Waals surface area contributed by atoms with Gasteiger partial charge in [-0.2, -0.15) is 0 Å². The number of carbonyl (C=O) groups is 4. The molecule has 7 nitrogen and oxygen atoms in total. The number of barbiturate groups is 1. The van der Waals surface area contributed by atoms with Gasteiger partial charge >= 0.3 is 6.03 Å². The van der Waals surface area contributed by atoms with Crippen molar-refractivity contribution in [2.75, 3.05) is 18.4 Å². The summed E-state index contributed by atoms with van der Waals surface area (Å²) in [5.74, 6) is -3.87. The first kappa shape index (κ1) is 17.1. The van der Waals surface area contributed by atoms with Gasteiger partial charge in [-0.15, -0.1) is 0 Å². The van der Waals surface area contributed by atoms with Crippen molar-refractivity contribution in [3.63, 3.8) is 0 Å². The lowest BCUT2D eigenvalue weighted by Crippen LogP contribution is -2.62. The zero-order valence-corrected chi connectivity index (χ0v) is 14.3. The molecule has 1 saturated heterocycles. The SMILES string of the molecule is CCN1C(=O)C(C(=O)Nc2ccc(Br)cc2)C(=O)N(CC)C1=O. The van der Waals surface area contributed by atoms with E-state index in [0.29, 0.717) is 5.69 Å². The third kappa shape index (κ3) is 3.26. The van der Waals surface area contributed by atoms with Gasteiger partial charge in [0.05, 0.1) is 0 Å². The molecule has 0 aromatic heterocycles. The number of benzene rings is 1. The normalized spacial score (nSPS) is 16.0. The summed E-state index contributed by atoms with van der Waals surface area (Å²) >= 11 is 3.28. The number of hydrogen-bond acceptors (Lipinski definition) is 4. The zero-order chi connectivity index (χ0) is 17.1. The minimum absolute atomic E-state index is 0.101. The van der Waals surface area contributed by atoms with E-state index in [1.165, 1.54) is 0 Å². The minimum atomic E-state index is -1.55. The minimum Gasteiger partial charge on any atom is -0.325 e. The summed E-state index contributed by atoms with van der Waals surface area (Å²) in [5.41, 5.74) is 0.460. The molecule has 0 unspecified atom stereocenters. The van der Waals surface area contributed by atoms with E-state index in [-0.39, 0.29) is 13.1 Å². The van der Waals surface area contributed by atoms with Crippen molar-refractivity contribution >= 4 is 45.4 Å². The molecule has 1 aromatic carbocycles. The van der Waals surface area contributed by atoms with Gasteiger partial charge in [-0.3, -0.25) is 24.2 Å². The number of anilines is 1. The van der Waals surface area contributed by atoms with E-state index < -0.39 is 29.7 Å². The largest absolute Gasteiger partial charge is 0.333 e. The molecule has 0 aliphatic carbocycles. The van der Waals surface area contributed by atoms with E-state index >= 15 is 0 Å². The van der Waals surface area contributed by atoms with E-state index in [9.17, 15) is 19.2 Å². The number of carbonyl (C=O) groups excluding carboxylic acids is 4. The molecule has 0 spiro atoms. The first-order chi connectivity index (χ1) is 10.9. The van der Waals surface area contributed by atoms with Gasteiger partial charge in [-0.05, 0) is 38.1 Å². The van der Waals surface area contributed by atoms with Crippen molar-refractivity contribution in [3.8, 4) is 0 Å². The van der Waals surface area contributed by atoms with Crippen molar-refractivity contribution in [1.29, 1.82) is 0 Å². The summed E-state index contributed by atoms with van der Waals surface area (Å²) in [6.07, 6.45) is 0. The lowest BCUT2D eigenvalue weighted by Gasteiger charge is -2.35. The summed E-state index contributed by atoms with van der Waals surface area (Å²) < 4.78 is 0.834. The fourth-order valence-corrected chi connectivity index (χ4v) is 2.57. The van der Waals surface area contributed by atoms with Crippen molar-refractivity contribution < 1.29 is 19.2 Å². The van der Waals surface area contributed by atoms with Crippen LogP contribution in [0.1, 0.15) is 13.8 Å². The Morgan fingerprint density at radius 2 is 1.52 bits per heavy atom. The predicted molar refractivity (Wildman–Crippen MR) is 86.4 cm³/mol. The Morgan fingerprint density at radius 3 is 1.96 bits per heavy atom. The van der Waals surface area contributed by atoms with Crippen molar-refractivity contribution in [2.24, 2.45) is 5.92 Å². The summed E-state index contributed by atoms with van der Waals surface area (Å²) in [5, 5.41) is 2.54. The highest BCUT2D eigenvalue weighted by atomic mass is 79.9. The van der Waals surface area contributed by atoms with Gasteiger partial charge in [0.25, 0.3) is 11.8 Å². The second-order valence-electron chi connectivity index (χ2n) is 4.88. The van der Waals surface area contributed by atoms with Crippen LogP contribution in [0.15, 0.2) is 28.7 Å². The van der Waals surface area contributed by atoms with E-state index in [2.05, 4.69) is 21.2 Å². The van der Waals surface area contributed by atoms with Gasteiger partial charge in [0.1, 0.15) is 0 Å². The van der Waals surface area contributed by atoms with Crippen molar-refractivity contribution in [1.82, 2.24) is 9.80 Å². The molecule has 0 radical (unpaired) electrons. The summed E-state index contributed by atoms with van der Waals surface area (Å²) in [6.45, 7) is 3.43. The number of hydrogen-bond donors (Lipinski definition) is 1. The third-order valence-corrected chi connectivity index (χ3v) is 4.02. The molecular formula is C15H16BrN3O4. The molecule has 1 heterocycles. The molecule has 122 valence electrons. The maximum Gasteiger partial charge on any atom is 0.333 e. The monoisotopic (exact) mass is 381 g/mol. The first-order valence-corrected chi connectivity index (χ1v) is 7.93. The first-order valence-electron chi connectivity index (χ1n) is 7.13. The smallest absolute Gasteiger partial charge is 0.325 e. The van der Waals surface area contributed by atoms with Gasteiger partial charge in [0.15, 0.2) is 5.92 Å². The van der Waals surface area contributed by atoms with Crippen LogP contribution in [0.5, 0.6) is 0 Å². The molecule has 23 heavy (non-hydrogen) atoms. The molecule has 0 saturated carbocycles. The van der Waals surface area contributed by atoms with E-state index in [0.717, 1.165) is 14.3 Å². The molecule has 2 rings (SSSR count). The van der Waals surface area contributed by atoms with Gasteiger partial charge in [0.2, 0.25) is 5.91 Å².